The van der Waals surface area contributed by atoms with Gasteiger partial charge in [0.15, 0.2) is 0 Å². The van der Waals surface area contributed by atoms with Crippen molar-refractivity contribution in [2.24, 2.45) is 5.92 Å². The van der Waals surface area contributed by atoms with Crippen molar-refractivity contribution in [3.05, 3.63) is 24.3 Å². The van der Waals surface area contributed by atoms with Gasteiger partial charge >= 0.3 is 6.03 Å². The molecule has 0 spiro atoms. The van der Waals surface area contributed by atoms with Gasteiger partial charge < -0.3 is 19.9 Å². The van der Waals surface area contributed by atoms with Crippen LogP contribution in [0.2, 0.25) is 0 Å². The molecule has 1 aliphatic rings. The van der Waals surface area contributed by atoms with Crippen molar-refractivity contribution in [2.45, 2.75) is 20.3 Å². The summed E-state index contributed by atoms with van der Waals surface area (Å²) in [5.41, 5.74) is 1.95. The fourth-order valence-corrected chi connectivity index (χ4v) is 2.64. The first-order valence-corrected chi connectivity index (χ1v) is 8.08. The smallest absolute Gasteiger partial charge is 0.321 e. The highest BCUT2D eigenvalue weighted by atomic mass is 16.5. The van der Waals surface area contributed by atoms with Crippen LogP contribution in [-0.2, 0) is 4.74 Å². The molecule has 2 rings (SSSR count). The lowest BCUT2D eigenvalue weighted by Gasteiger charge is -2.20. The maximum Gasteiger partial charge on any atom is 0.321 e. The molecule has 0 aromatic heterocycles. The van der Waals surface area contributed by atoms with E-state index in [1.807, 2.05) is 43.1 Å². The Morgan fingerprint density at radius 3 is 3.00 bits per heavy atom. The predicted octanol–water partition coefficient (Wildman–Crippen LogP) is 3.03. The lowest BCUT2D eigenvalue weighted by atomic mass is 10.1. The van der Waals surface area contributed by atoms with Gasteiger partial charge in [0.05, 0.1) is 6.61 Å². The number of carbonyl (C=O) groups excluding carboxylic acids is 1. The van der Waals surface area contributed by atoms with Crippen LogP contribution in [0.4, 0.5) is 16.2 Å². The molecular formula is C17H27N3O2. The first-order valence-electron chi connectivity index (χ1n) is 8.08. The summed E-state index contributed by atoms with van der Waals surface area (Å²) in [6, 6.07) is 7.94. The Labute approximate surface area is 133 Å². The van der Waals surface area contributed by atoms with E-state index in [0.29, 0.717) is 5.92 Å². The predicted molar refractivity (Wildman–Crippen MR) is 90.6 cm³/mol. The van der Waals surface area contributed by atoms with E-state index in [4.69, 9.17) is 4.74 Å². The van der Waals surface area contributed by atoms with Gasteiger partial charge in [0.2, 0.25) is 0 Å². The van der Waals surface area contributed by atoms with Crippen molar-refractivity contribution in [1.29, 1.82) is 0 Å². The number of anilines is 2. The van der Waals surface area contributed by atoms with Gasteiger partial charge in [-0.25, -0.2) is 4.79 Å². The Hall–Kier alpha value is -1.75. The number of rotatable bonds is 6. The minimum absolute atomic E-state index is 0.0182. The number of nitrogens with zero attached hydrogens (tertiary/aromatic N) is 2. The molecule has 1 fully saturated rings. The minimum Gasteiger partial charge on any atom is -0.381 e. The zero-order chi connectivity index (χ0) is 15.9. The summed E-state index contributed by atoms with van der Waals surface area (Å²) in [6.07, 6.45) is 1.02. The molecule has 0 radical (unpaired) electrons. The number of nitrogens with one attached hydrogen (secondary N) is 1. The Kier molecular flexibility index (Phi) is 6.07. The minimum atomic E-state index is -0.0182. The summed E-state index contributed by atoms with van der Waals surface area (Å²) in [6.45, 7) is 8.10. The largest absolute Gasteiger partial charge is 0.381 e. The van der Waals surface area contributed by atoms with Gasteiger partial charge in [-0.15, -0.1) is 0 Å². The molecule has 1 aliphatic heterocycles. The fourth-order valence-electron chi connectivity index (χ4n) is 2.64. The molecule has 1 atom stereocenters. The molecule has 1 saturated heterocycles. The molecule has 1 aromatic carbocycles. The number of ether oxygens (including phenoxy) is 1. The summed E-state index contributed by atoms with van der Waals surface area (Å²) in [5.74, 6) is 0.461. The molecule has 0 aliphatic carbocycles. The fraction of sp³-hybridized carbons (Fsp3) is 0.588. The molecule has 1 aromatic rings. The third-order valence-corrected chi connectivity index (χ3v) is 4.14. The molecule has 5 heteroatoms. The summed E-state index contributed by atoms with van der Waals surface area (Å²) in [5, 5.41) is 3.00. The van der Waals surface area contributed by atoms with Crippen molar-refractivity contribution in [3.8, 4) is 0 Å². The highest BCUT2D eigenvalue weighted by molar-refractivity contribution is 5.90. The Morgan fingerprint density at radius 2 is 2.27 bits per heavy atom. The first-order chi connectivity index (χ1) is 10.6. The van der Waals surface area contributed by atoms with E-state index in [-0.39, 0.29) is 6.03 Å². The average molecular weight is 305 g/mol. The van der Waals surface area contributed by atoms with E-state index in [1.165, 1.54) is 0 Å². The SMILES string of the molecule is CCOC[C@H]1CCN(C(=O)Nc2cccc(N(C)CC)c2)C1. The Bertz CT molecular complexity index is 493. The van der Waals surface area contributed by atoms with Crippen LogP contribution < -0.4 is 10.2 Å². The molecule has 122 valence electrons. The molecule has 0 unspecified atom stereocenters. The molecule has 2 amide bonds. The standard InChI is InChI=1S/C17H27N3O2/c1-4-19(3)16-8-6-7-15(11-16)18-17(21)20-10-9-14(12-20)13-22-5-2/h6-8,11,14H,4-5,9-10,12-13H2,1-3H3,(H,18,21)/t14-/m0/s1. The van der Waals surface area contributed by atoms with Gasteiger partial charge in [-0.1, -0.05) is 6.07 Å². The number of urea groups is 1. The van der Waals surface area contributed by atoms with E-state index in [2.05, 4.69) is 17.1 Å². The van der Waals surface area contributed by atoms with Crippen molar-refractivity contribution in [3.63, 3.8) is 0 Å². The molecule has 5 nitrogen and oxygen atoms in total. The van der Waals surface area contributed by atoms with Crippen LogP contribution in [0.25, 0.3) is 0 Å². The number of benzene rings is 1. The van der Waals surface area contributed by atoms with Crippen molar-refractivity contribution >= 4 is 17.4 Å². The quantitative estimate of drug-likeness (QED) is 0.878. The number of likely N-dealkylation sites (tertiary alicyclic amines) is 1. The van der Waals surface area contributed by atoms with E-state index in [0.717, 1.165) is 50.6 Å². The van der Waals surface area contributed by atoms with E-state index in [9.17, 15) is 4.79 Å². The normalized spacial score (nSPS) is 17.6. The van der Waals surface area contributed by atoms with Crippen LogP contribution in [0.15, 0.2) is 24.3 Å². The van der Waals surface area contributed by atoms with Crippen molar-refractivity contribution < 1.29 is 9.53 Å². The van der Waals surface area contributed by atoms with Gasteiger partial charge in [-0.05, 0) is 38.5 Å². The topological polar surface area (TPSA) is 44.8 Å². The highest BCUT2D eigenvalue weighted by Crippen LogP contribution is 2.21. The molecule has 22 heavy (non-hydrogen) atoms. The second-order valence-electron chi connectivity index (χ2n) is 5.75. The lowest BCUT2D eigenvalue weighted by Crippen LogP contribution is -2.33. The first kappa shape index (κ1) is 16.6. The number of hydrogen-bond acceptors (Lipinski definition) is 3. The van der Waals surface area contributed by atoms with Gasteiger partial charge in [-0.2, -0.15) is 0 Å². The maximum absolute atomic E-state index is 12.3. The Morgan fingerprint density at radius 1 is 1.45 bits per heavy atom. The molecule has 0 bridgehead atoms. The van der Waals surface area contributed by atoms with Crippen LogP contribution in [0.1, 0.15) is 20.3 Å². The van der Waals surface area contributed by atoms with E-state index < -0.39 is 0 Å². The third kappa shape index (κ3) is 4.37. The van der Waals surface area contributed by atoms with E-state index in [1.54, 1.807) is 0 Å². The number of carbonyl (C=O) groups is 1. The highest BCUT2D eigenvalue weighted by Gasteiger charge is 2.26. The van der Waals surface area contributed by atoms with Crippen molar-refractivity contribution in [1.82, 2.24) is 4.90 Å². The van der Waals surface area contributed by atoms with E-state index >= 15 is 0 Å². The summed E-state index contributed by atoms with van der Waals surface area (Å²) in [7, 11) is 2.04. The third-order valence-electron chi connectivity index (χ3n) is 4.14. The second-order valence-corrected chi connectivity index (χ2v) is 5.75. The molecule has 0 saturated carbocycles. The van der Waals surface area contributed by atoms with Gasteiger partial charge in [0, 0.05) is 50.6 Å². The average Bonchev–Trinajstić information content (AvgIpc) is 3.01. The maximum atomic E-state index is 12.3. The van der Waals surface area contributed by atoms with Crippen LogP contribution in [0.5, 0.6) is 0 Å². The zero-order valence-corrected chi connectivity index (χ0v) is 13.8. The molecule has 1 N–H and O–H groups in total. The van der Waals surface area contributed by atoms with Crippen LogP contribution >= 0.6 is 0 Å². The Balaban J connectivity index is 1.90. The van der Waals surface area contributed by atoms with Gasteiger partial charge in [-0.3, -0.25) is 0 Å². The van der Waals surface area contributed by atoms with Crippen LogP contribution in [-0.4, -0.2) is 50.8 Å². The summed E-state index contributed by atoms with van der Waals surface area (Å²) < 4.78 is 5.45. The monoisotopic (exact) mass is 305 g/mol. The van der Waals surface area contributed by atoms with Crippen LogP contribution in [0, 0.1) is 5.92 Å². The van der Waals surface area contributed by atoms with Crippen molar-refractivity contribution in [2.75, 3.05) is 50.1 Å². The zero-order valence-electron chi connectivity index (χ0n) is 13.8. The van der Waals surface area contributed by atoms with Crippen LogP contribution in [0.3, 0.4) is 0 Å². The van der Waals surface area contributed by atoms with Gasteiger partial charge in [0.1, 0.15) is 0 Å². The number of amides is 2. The van der Waals surface area contributed by atoms with Gasteiger partial charge in [0.25, 0.3) is 0 Å². The second kappa shape index (κ2) is 8.03. The summed E-state index contributed by atoms with van der Waals surface area (Å²) in [4.78, 5) is 16.4. The molecular weight excluding hydrogens is 278 g/mol. The lowest BCUT2D eigenvalue weighted by molar-refractivity contribution is 0.113. The number of hydrogen-bond donors (Lipinski definition) is 1. The summed E-state index contributed by atoms with van der Waals surface area (Å²) >= 11 is 0. The molecule has 1 heterocycles.